The van der Waals surface area contributed by atoms with Gasteiger partial charge in [0.2, 0.25) is 0 Å². The molecular weight excluding hydrogens is 339 g/mol. The molecule has 6 heteroatoms. The summed E-state index contributed by atoms with van der Waals surface area (Å²) in [5.74, 6) is -0.771. The smallest absolute Gasteiger partial charge is 0.350 e. The Morgan fingerprint density at radius 2 is 1.88 bits per heavy atom. The van der Waals surface area contributed by atoms with E-state index in [2.05, 4.69) is 4.98 Å². The molecule has 2 aromatic carbocycles. The van der Waals surface area contributed by atoms with Crippen molar-refractivity contribution in [1.29, 1.82) is 5.26 Å². The minimum atomic E-state index is -0.451. The number of carbonyl (C=O) groups excluding carboxylic acids is 1. The van der Waals surface area contributed by atoms with Crippen LogP contribution in [0.3, 0.4) is 0 Å². The van der Waals surface area contributed by atoms with E-state index < -0.39 is 5.97 Å². The summed E-state index contributed by atoms with van der Waals surface area (Å²) in [7, 11) is 0. The third-order valence-corrected chi connectivity index (χ3v) is 4.71. The van der Waals surface area contributed by atoms with Crippen LogP contribution >= 0.6 is 11.3 Å². The maximum atomic E-state index is 13.0. The average molecular weight is 352 g/mol. The van der Waals surface area contributed by atoms with Crippen LogP contribution in [0.2, 0.25) is 0 Å². The molecule has 0 aliphatic heterocycles. The first-order chi connectivity index (χ1) is 12.1. The highest BCUT2D eigenvalue weighted by molar-refractivity contribution is 7.17. The van der Waals surface area contributed by atoms with E-state index in [1.165, 1.54) is 23.5 Å². The minimum Gasteiger partial charge on any atom is -0.457 e. The summed E-state index contributed by atoms with van der Waals surface area (Å²) in [4.78, 5) is 17.1. The Morgan fingerprint density at radius 1 is 1.20 bits per heavy atom. The topological polar surface area (TPSA) is 63.0 Å². The van der Waals surface area contributed by atoms with Crippen molar-refractivity contribution >= 4 is 17.3 Å². The van der Waals surface area contributed by atoms with Gasteiger partial charge in [-0.1, -0.05) is 12.1 Å². The second-order valence-corrected chi connectivity index (χ2v) is 6.32. The van der Waals surface area contributed by atoms with E-state index >= 15 is 0 Å². The Bertz CT molecular complexity index is 941. The number of hydrogen-bond acceptors (Lipinski definition) is 5. The normalized spacial score (nSPS) is 10.3. The molecule has 0 N–H and O–H groups in total. The molecule has 0 saturated heterocycles. The number of hydrogen-bond donors (Lipinski definition) is 0. The Balaban J connectivity index is 1.71. The third-order valence-electron chi connectivity index (χ3n) is 3.53. The van der Waals surface area contributed by atoms with Gasteiger partial charge in [0, 0.05) is 5.56 Å². The van der Waals surface area contributed by atoms with Gasteiger partial charge < -0.3 is 4.74 Å². The molecule has 1 aromatic heterocycles. The number of aromatic nitrogens is 1. The molecule has 0 bridgehead atoms. The molecular formula is C19H13FN2O2S. The standard InChI is InChI=1S/C19H13FN2O2S/c1-12-17(25-18(22-12)15-6-8-16(20)9-7-15)19(23)24-11-14-4-2-13(10-21)3-5-14/h2-9H,11H2,1H3. The van der Waals surface area contributed by atoms with Crippen molar-refractivity contribution in [2.75, 3.05) is 0 Å². The molecule has 0 atom stereocenters. The van der Waals surface area contributed by atoms with E-state index in [1.54, 1.807) is 43.3 Å². The number of carbonyl (C=O) groups is 1. The highest BCUT2D eigenvalue weighted by Gasteiger charge is 2.17. The highest BCUT2D eigenvalue weighted by Crippen LogP contribution is 2.28. The van der Waals surface area contributed by atoms with Gasteiger partial charge in [-0.05, 0) is 48.9 Å². The summed E-state index contributed by atoms with van der Waals surface area (Å²) in [6.07, 6.45) is 0. The van der Waals surface area contributed by atoms with Crippen LogP contribution in [-0.2, 0) is 11.3 Å². The molecule has 0 aliphatic carbocycles. The van der Waals surface area contributed by atoms with Gasteiger partial charge in [-0.25, -0.2) is 14.2 Å². The fraction of sp³-hybridized carbons (Fsp3) is 0.105. The third kappa shape index (κ3) is 3.90. The summed E-state index contributed by atoms with van der Waals surface area (Å²) < 4.78 is 18.3. The molecule has 0 spiro atoms. The Hall–Kier alpha value is -3.04. The van der Waals surface area contributed by atoms with Crippen molar-refractivity contribution in [1.82, 2.24) is 4.98 Å². The zero-order valence-corrected chi connectivity index (χ0v) is 14.1. The van der Waals surface area contributed by atoms with Crippen molar-refractivity contribution < 1.29 is 13.9 Å². The second-order valence-electron chi connectivity index (χ2n) is 5.33. The molecule has 0 fully saturated rings. The highest BCUT2D eigenvalue weighted by atomic mass is 32.1. The van der Waals surface area contributed by atoms with Gasteiger partial charge in [0.1, 0.15) is 22.3 Å². The van der Waals surface area contributed by atoms with E-state index in [1.807, 2.05) is 6.07 Å². The fourth-order valence-corrected chi connectivity index (χ4v) is 3.16. The molecule has 3 aromatic rings. The number of benzene rings is 2. The van der Waals surface area contributed by atoms with Crippen LogP contribution in [0.1, 0.15) is 26.5 Å². The Kier molecular flexibility index (Phi) is 4.87. The van der Waals surface area contributed by atoms with Crippen LogP contribution in [0.4, 0.5) is 4.39 Å². The van der Waals surface area contributed by atoms with Crippen LogP contribution < -0.4 is 0 Å². The predicted molar refractivity (Wildman–Crippen MR) is 92.5 cm³/mol. The van der Waals surface area contributed by atoms with Gasteiger partial charge in [-0.15, -0.1) is 11.3 Å². The van der Waals surface area contributed by atoms with Crippen molar-refractivity contribution in [3.63, 3.8) is 0 Å². The van der Waals surface area contributed by atoms with Crippen molar-refractivity contribution in [3.8, 4) is 16.6 Å². The molecule has 4 nitrogen and oxygen atoms in total. The fourth-order valence-electron chi connectivity index (χ4n) is 2.19. The molecule has 0 aliphatic rings. The van der Waals surface area contributed by atoms with E-state index in [-0.39, 0.29) is 12.4 Å². The van der Waals surface area contributed by atoms with Gasteiger partial charge in [-0.3, -0.25) is 0 Å². The van der Waals surface area contributed by atoms with Crippen LogP contribution in [0, 0.1) is 24.1 Å². The monoisotopic (exact) mass is 352 g/mol. The number of thiazole rings is 1. The summed E-state index contributed by atoms with van der Waals surface area (Å²) in [6, 6.07) is 14.8. The predicted octanol–water partition coefficient (Wildman–Crippen LogP) is 4.49. The Labute approximate surface area is 148 Å². The van der Waals surface area contributed by atoms with E-state index in [0.29, 0.717) is 21.1 Å². The number of nitriles is 1. The molecule has 0 saturated carbocycles. The zero-order valence-electron chi connectivity index (χ0n) is 13.3. The van der Waals surface area contributed by atoms with Crippen molar-refractivity contribution in [2.45, 2.75) is 13.5 Å². The van der Waals surface area contributed by atoms with Gasteiger partial charge in [0.05, 0.1) is 17.3 Å². The van der Waals surface area contributed by atoms with Crippen LogP contribution in [0.15, 0.2) is 48.5 Å². The summed E-state index contributed by atoms with van der Waals surface area (Å²) in [5, 5.41) is 9.42. The number of rotatable bonds is 4. The van der Waals surface area contributed by atoms with Crippen LogP contribution in [-0.4, -0.2) is 11.0 Å². The van der Waals surface area contributed by atoms with E-state index in [9.17, 15) is 9.18 Å². The quantitative estimate of drug-likeness (QED) is 0.649. The lowest BCUT2D eigenvalue weighted by atomic mass is 10.2. The first-order valence-corrected chi connectivity index (χ1v) is 8.28. The number of nitrogens with zero attached hydrogens (tertiary/aromatic N) is 2. The molecule has 0 unspecified atom stereocenters. The minimum absolute atomic E-state index is 0.119. The molecule has 124 valence electrons. The lowest BCUT2D eigenvalue weighted by Crippen LogP contribution is -2.04. The molecule has 0 amide bonds. The maximum Gasteiger partial charge on any atom is 0.350 e. The number of ether oxygens (including phenoxy) is 1. The number of halogens is 1. The molecule has 1 heterocycles. The Morgan fingerprint density at radius 3 is 2.52 bits per heavy atom. The summed E-state index contributed by atoms with van der Waals surface area (Å²) in [5.41, 5.74) is 2.68. The number of esters is 1. The number of aryl methyl sites for hydroxylation is 1. The first kappa shape index (κ1) is 16.8. The molecule has 0 radical (unpaired) electrons. The SMILES string of the molecule is Cc1nc(-c2ccc(F)cc2)sc1C(=O)OCc1ccc(C#N)cc1. The summed E-state index contributed by atoms with van der Waals surface area (Å²) in [6.45, 7) is 1.86. The lowest BCUT2D eigenvalue weighted by molar-refractivity contribution is 0.0477. The lowest BCUT2D eigenvalue weighted by Gasteiger charge is -2.03. The summed E-state index contributed by atoms with van der Waals surface area (Å²) >= 11 is 1.22. The van der Waals surface area contributed by atoms with Crippen LogP contribution in [0.5, 0.6) is 0 Å². The van der Waals surface area contributed by atoms with Crippen LogP contribution in [0.25, 0.3) is 10.6 Å². The van der Waals surface area contributed by atoms with Gasteiger partial charge in [0.25, 0.3) is 0 Å². The molecule has 25 heavy (non-hydrogen) atoms. The second kappa shape index (κ2) is 7.24. The van der Waals surface area contributed by atoms with Gasteiger partial charge >= 0.3 is 5.97 Å². The van der Waals surface area contributed by atoms with Crippen molar-refractivity contribution in [3.05, 3.63) is 76.0 Å². The van der Waals surface area contributed by atoms with Gasteiger partial charge in [0.15, 0.2) is 0 Å². The average Bonchev–Trinajstić information content (AvgIpc) is 3.02. The first-order valence-electron chi connectivity index (χ1n) is 7.46. The molecule has 3 rings (SSSR count). The van der Waals surface area contributed by atoms with E-state index in [4.69, 9.17) is 10.00 Å². The van der Waals surface area contributed by atoms with Crippen molar-refractivity contribution in [2.24, 2.45) is 0 Å². The largest absolute Gasteiger partial charge is 0.457 e. The maximum absolute atomic E-state index is 13.0. The van der Waals surface area contributed by atoms with Gasteiger partial charge in [-0.2, -0.15) is 5.26 Å². The van der Waals surface area contributed by atoms with E-state index in [0.717, 1.165) is 11.1 Å². The zero-order chi connectivity index (χ0) is 17.8.